The zero-order chi connectivity index (χ0) is 9.64. The summed E-state index contributed by atoms with van der Waals surface area (Å²) in [6.45, 7) is 0. The topological polar surface area (TPSA) is 0 Å². The molecular weight excluding hydrogens is 208 g/mol. The lowest BCUT2D eigenvalue weighted by atomic mass is 10.4. The number of hydrogen-bond donors (Lipinski definition) is 0. The van der Waals surface area contributed by atoms with Crippen LogP contribution in [-0.4, -0.2) is 11.5 Å². The second-order valence-corrected chi connectivity index (χ2v) is 4.66. The van der Waals surface area contributed by atoms with Gasteiger partial charge in [0.15, 0.2) is 0 Å². The van der Waals surface area contributed by atoms with Crippen molar-refractivity contribution in [1.29, 1.82) is 0 Å². The third kappa shape index (κ3) is 2.51. The van der Waals surface area contributed by atoms with Gasteiger partial charge in [-0.1, -0.05) is 24.0 Å². The number of thioether (sulfide) groups is 2. The SMILES string of the molecule is C1#CCSc2ccccc2SCC#C1. The molecule has 0 N–H and O–H groups in total. The number of hydrogen-bond acceptors (Lipinski definition) is 2. The molecule has 0 fully saturated rings. The molecule has 0 amide bonds. The smallest absolute Gasteiger partial charge is 0.0605 e. The van der Waals surface area contributed by atoms with Gasteiger partial charge in [0.1, 0.15) is 0 Å². The quantitative estimate of drug-likeness (QED) is 0.612. The summed E-state index contributed by atoms with van der Waals surface area (Å²) in [5.74, 6) is 13.4. The molecule has 68 valence electrons. The third-order valence-corrected chi connectivity index (χ3v) is 3.73. The molecule has 1 aliphatic heterocycles. The van der Waals surface area contributed by atoms with E-state index in [0.29, 0.717) is 0 Å². The standard InChI is InChI=1S/C12H8S2/c1-2-6-10-14-12-8-4-3-7-11(12)13-9-5-1/h3-4,7-8H,9-10H2. The maximum absolute atomic E-state index is 3.03. The lowest BCUT2D eigenvalue weighted by Gasteiger charge is -2.05. The van der Waals surface area contributed by atoms with Gasteiger partial charge in [0, 0.05) is 9.79 Å². The summed E-state index contributed by atoms with van der Waals surface area (Å²) in [5, 5.41) is 0. The van der Waals surface area contributed by atoms with E-state index in [-0.39, 0.29) is 0 Å². The van der Waals surface area contributed by atoms with Crippen LogP contribution in [0.25, 0.3) is 0 Å². The summed E-state index contributed by atoms with van der Waals surface area (Å²) in [5.41, 5.74) is 0. The fraction of sp³-hybridized carbons (Fsp3) is 0.167. The minimum Gasteiger partial charge on any atom is -0.112 e. The Morgan fingerprint density at radius 3 is 1.86 bits per heavy atom. The number of rotatable bonds is 0. The molecule has 0 saturated carbocycles. The maximum Gasteiger partial charge on any atom is 0.0605 e. The molecule has 0 unspecified atom stereocenters. The maximum atomic E-state index is 3.03. The van der Waals surface area contributed by atoms with E-state index in [0.717, 1.165) is 11.5 Å². The minimum atomic E-state index is 0.826. The van der Waals surface area contributed by atoms with Crippen LogP contribution < -0.4 is 0 Å². The predicted molar refractivity (Wildman–Crippen MR) is 63.4 cm³/mol. The van der Waals surface area contributed by atoms with Gasteiger partial charge < -0.3 is 0 Å². The van der Waals surface area contributed by atoms with Crippen LogP contribution in [0.4, 0.5) is 0 Å². The van der Waals surface area contributed by atoms with Crippen LogP contribution in [0.1, 0.15) is 0 Å². The lowest BCUT2D eigenvalue weighted by molar-refractivity contribution is 1.25. The third-order valence-electron chi connectivity index (χ3n) is 1.69. The van der Waals surface area contributed by atoms with Crippen molar-refractivity contribution in [2.45, 2.75) is 9.79 Å². The molecule has 2 rings (SSSR count). The van der Waals surface area contributed by atoms with Crippen molar-refractivity contribution < 1.29 is 0 Å². The highest BCUT2D eigenvalue weighted by atomic mass is 32.2. The average Bonchev–Trinajstić information content (AvgIpc) is 2.25. The van der Waals surface area contributed by atoms with Crippen LogP contribution in [-0.2, 0) is 0 Å². The average molecular weight is 216 g/mol. The van der Waals surface area contributed by atoms with Crippen LogP contribution in [0, 0.1) is 23.7 Å². The summed E-state index contributed by atoms with van der Waals surface area (Å²) >= 11 is 3.57. The second-order valence-electron chi connectivity index (χ2n) is 2.63. The molecule has 0 aliphatic carbocycles. The second kappa shape index (κ2) is 5.05. The van der Waals surface area contributed by atoms with Gasteiger partial charge in [0.05, 0.1) is 11.5 Å². The first-order chi connectivity index (χ1) is 6.97. The molecule has 0 bridgehead atoms. The Labute approximate surface area is 92.9 Å². The van der Waals surface area contributed by atoms with Crippen molar-refractivity contribution in [2.75, 3.05) is 11.5 Å². The summed E-state index contributed by atoms with van der Waals surface area (Å²) in [6.07, 6.45) is 0. The van der Waals surface area contributed by atoms with E-state index in [1.165, 1.54) is 9.79 Å². The van der Waals surface area contributed by atoms with Gasteiger partial charge in [-0.3, -0.25) is 0 Å². The van der Waals surface area contributed by atoms with Crippen LogP contribution in [0.3, 0.4) is 0 Å². The minimum absolute atomic E-state index is 0.826. The fourth-order valence-corrected chi connectivity index (χ4v) is 2.80. The zero-order valence-electron chi connectivity index (χ0n) is 7.54. The van der Waals surface area contributed by atoms with E-state index in [1.807, 2.05) is 0 Å². The van der Waals surface area contributed by atoms with Gasteiger partial charge in [-0.05, 0) is 24.0 Å². The van der Waals surface area contributed by atoms with Gasteiger partial charge in [-0.2, -0.15) is 0 Å². The molecule has 14 heavy (non-hydrogen) atoms. The van der Waals surface area contributed by atoms with E-state index in [4.69, 9.17) is 0 Å². The van der Waals surface area contributed by atoms with E-state index in [9.17, 15) is 0 Å². The molecule has 1 aromatic rings. The Morgan fingerprint density at radius 1 is 0.857 bits per heavy atom. The number of fused-ring (bicyclic) bond motifs is 1. The van der Waals surface area contributed by atoms with Crippen molar-refractivity contribution in [3.05, 3.63) is 24.3 Å². The Hall–Kier alpha value is -0.960. The molecule has 0 atom stereocenters. The molecule has 1 heterocycles. The van der Waals surface area contributed by atoms with Crippen molar-refractivity contribution in [2.24, 2.45) is 0 Å². The van der Waals surface area contributed by atoms with Gasteiger partial charge in [-0.25, -0.2) is 0 Å². The predicted octanol–water partition coefficient (Wildman–Crippen LogP) is 2.89. The summed E-state index contributed by atoms with van der Waals surface area (Å²) in [7, 11) is 0. The first-order valence-corrected chi connectivity index (χ1v) is 6.24. The van der Waals surface area contributed by atoms with E-state index < -0.39 is 0 Å². The van der Waals surface area contributed by atoms with Gasteiger partial charge in [0.25, 0.3) is 0 Å². The largest absolute Gasteiger partial charge is 0.112 e. The van der Waals surface area contributed by atoms with Crippen molar-refractivity contribution >= 4 is 23.5 Å². The van der Waals surface area contributed by atoms with Crippen LogP contribution in [0.15, 0.2) is 34.1 Å². The Morgan fingerprint density at radius 2 is 1.36 bits per heavy atom. The molecule has 0 saturated heterocycles. The Balaban J connectivity index is 2.27. The molecule has 0 aromatic heterocycles. The van der Waals surface area contributed by atoms with Gasteiger partial charge in [-0.15, -0.1) is 23.5 Å². The molecule has 2 heteroatoms. The normalized spacial score (nSPS) is 14.0. The highest BCUT2D eigenvalue weighted by Crippen LogP contribution is 2.30. The highest BCUT2D eigenvalue weighted by molar-refractivity contribution is 8.02. The monoisotopic (exact) mass is 216 g/mol. The van der Waals surface area contributed by atoms with Crippen molar-refractivity contribution in [1.82, 2.24) is 0 Å². The van der Waals surface area contributed by atoms with E-state index in [1.54, 1.807) is 23.5 Å². The highest BCUT2D eigenvalue weighted by Gasteiger charge is 2.01. The number of benzene rings is 1. The molecular formula is C12H8S2. The molecule has 1 aromatic carbocycles. The van der Waals surface area contributed by atoms with Crippen LogP contribution in [0.5, 0.6) is 0 Å². The van der Waals surface area contributed by atoms with Crippen molar-refractivity contribution in [3.63, 3.8) is 0 Å². The first-order valence-electron chi connectivity index (χ1n) is 4.27. The summed E-state index contributed by atoms with van der Waals surface area (Å²) in [6, 6.07) is 8.42. The molecule has 0 radical (unpaired) electrons. The zero-order valence-corrected chi connectivity index (χ0v) is 9.17. The van der Waals surface area contributed by atoms with Gasteiger partial charge >= 0.3 is 0 Å². The van der Waals surface area contributed by atoms with Crippen molar-refractivity contribution in [3.8, 4) is 23.7 Å². The first kappa shape index (κ1) is 9.59. The Bertz CT molecular complexity index is 398. The summed E-state index contributed by atoms with van der Waals surface area (Å²) < 4.78 is 0. The molecule has 0 spiro atoms. The van der Waals surface area contributed by atoms with Gasteiger partial charge in [0.2, 0.25) is 0 Å². The van der Waals surface area contributed by atoms with Crippen LogP contribution in [0.2, 0.25) is 0 Å². The van der Waals surface area contributed by atoms with E-state index in [2.05, 4.69) is 47.9 Å². The molecule has 0 nitrogen and oxygen atoms in total. The fourth-order valence-electron chi connectivity index (χ4n) is 1.08. The molecule has 1 aliphatic rings. The summed E-state index contributed by atoms with van der Waals surface area (Å²) in [4.78, 5) is 2.63. The Kier molecular flexibility index (Phi) is 3.46. The van der Waals surface area contributed by atoms with E-state index >= 15 is 0 Å². The van der Waals surface area contributed by atoms with Crippen LogP contribution >= 0.6 is 23.5 Å². The lowest BCUT2D eigenvalue weighted by Crippen LogP contribution is -1.82.